The molecule has 0 amide bonds. The summed E-state index contributed by atoms with van der Waals surface area (Å²) >= 11 is 0. The summed E-state index contributed by atoms with van der Waals surface area (Å²) in [6.45, 7) is 2.48. The molecule has 4 rings (SSSR count). The molecule has 1 aromatic carbocycles. The van der Waals surface area contributed by atoms with E-state index in [9.17, 15) is 18.3 Å². The first-order valence-corrected chi connectivity index (χ1v) is 10.1. The van der Waals surface area contributed by atoms with Gasteiger partial charge in [-0.15, -0.1) is 0 Å². The van der Waals surface area contributed by atoms with E-state index in [1.165, 1.54) is 37.9 Å². The number of piperazine rings is 1. The number of aromatic nitrogens is 1. The van der Waals surface area contributed by atoms with Gasteiger partial charge in [0.1, 0.15) is 0 Å². The monoisotopic (exact) mass is 393 g/mol. The Hall–Kier alpha value is -1.86. The van der Waals surface area contributed by atoms with Crippen LogP contribution < -0.4 is 4.90 Å². The van der Waals surface area contributed by atoms with Crippen LogP contribution in [0, 0.1) is 0 Å². The molecule has 1 aliphatic carbocycles. The molecule has 0 radical (unpaired) electrons. The molecule has 0 spiro atoms. The van der Waals surface area contributed by atoms with Crippen LogP contribution in [0.1, 0.15) is 37.7 Å². The van der Waals surface area contributed by atoms with E-state index in [1.54, 1.807) is 6.07 Å². The summed E-state index contributed by atoms with van der Waals surface area (Å²) in [6, 6.07) is 6.86. The number of alkyl halides is 3. The Morgan fingerprint density at radius 1 is 1.11 bits per heavy atom. The number of hydrogen-bond acceptors (Lipinski definition) is 4. The standard InChI is InChI=1S/C21H26F3N3O/c22-21(23,24)18-7-3-6-17-19(8-10-25-20(17)18)26-11-12-27(15-4-1-2-5-15)16(14-26)9-13-28/h3,6-8,10,15-16,28H,1-2,4-5,9,11-14H2/t16-/m1/s1. The lowest BCUT2D eigenvalue weighted by molar-refractivity contribution is -0.136. The molecular weight excluding hydrogens is 367 g/mol. The first-order valence-electron chi connectivity index (χ1n) is 10.1. The number of benzene rings is 1. The maximum atomic E-state index is 13.4. The van der Waals surface area contributed by atoms with Crippen LogP contribution in [-0.4, -0.2) is 53.3 Å². The molecule has 2 aliphatic rings. The summed E-state index contributed by atoms with van der Waals surface area (Å²) in [4.78, 5) is 8.72. The number of anilines is 1. The molecule has 2 aromatic rings. The van der Waals surface area contributed by atoms with Crippen LogP contribution in [-0.2, 0) is 6.18 Å². The van der Waals surface area contributed by atoms with E-state index >= 15 is 0 Å². The molecule has 1 aliphatic heterocycles. The van der Waals surface area contributed by atoms with Crippen molar-refractivity contribution in [3.05, 3.63) is 36.0 Å². The van der Waals surface area contributed by atoms with Crippen molar-refractivity contribution in [1.29, 1.82) is 0 Å². The molecule has 7 heteroatoms. The maximum absolute atomic E-state index is 13.4. The second kappa shape index (κ2) is 7.87. The third-order valence-electron chi connectivity index (χ3n) is 6.18. The number of pyridine rings is 1. The predicted molar refractivity (Wildman–Crippen MR) is 103 cm³/mol. The number of rotatable bonds is 4. The van der Waals surface area contributed by atoms with Gasteiger partial charge < -0.3 is 10.0 Å². The minimum absolute atomic E-state index is 0.00410. The minimum atomic E-state index is -4.42. The van der Waals surface area contributed by atoms with Crippen molar-refractivity contribution in [3.63, 3.8) is 0 Å². The fourth-order valence-corrected chi connectivity index (χ4v) is 4.88. The van der Waals surface area contributed by atoms with Crippen LogP contribution >= 0.6 is 0 Å². The third kappa shape index (κ3) is 3.70. The van der Waals surface area contributed by atoms with Crippen molar-refractivity contribution in [3.8, 4) is 0 Å². The molecule has 1 atom stereocenters. The molecule has 1 saturated heterocycles. The average Bonchev–Trinajstić information content (AvgIpc) is 3.21. The van der Waals surface area contributed by atoms with E-state index in [2.05, 4.69) is 14.8 Å². The van der Waals surface area contributed by atoms with Gasteiger partial charge in [0.2, 0.25) is 0 Å². The van der Waals surface area contributed by atoms with Gasteiger partial charge >= 0.3 is 6.18 Å². The number of aliphatic hydroxyl groups excluding tert-OH is 1. The van der Waals surface area contributed by atoms with Crippen LogP contribution in [0.3, 0.4) is 0 Å². The summed E-state index contributed by atoms with van der Waals surface area (Å²) in [5, 5.41) is 10.1. The number of nitrogens with zero attached hydrogens (tertiary/aromatic N) is 3. The summed E-state index contributed by atoms with van der Waals surface area (Å²) < 4.78 is 40.2. The van der Waals surface area contributed by atoms with Gasteiger partial charge in [-0.25, -0.2) is 0 Å². The molecule has 4 nitrogen and oxygen atoms in total. The highest BCUT2D eigenvalue weighted by atomic mass is 19.4. The SMILES string of the molecule is OCC[C@@H]1CN(c2ccnc3c(C(F)(F)F)cccc23)CCN1C1CCCC1. The third-order valence-corrected chi connectivity index (χ3v) is 6.18. The average molecular weight is 393 g/mol. The Kier molecular flexibility index (Phi) is 5.47. The minimum Gasteiger partial charge on any atom is -0.396 e. The van der Waals surface area contributed by atoms with Crippen molar-refractivity contribution in [1.82, 2.24) is 9.88 Å². The molecule has 0 bridgehead atoms. The Morgan fingerprint density at radius 2 is 1.89 bits per heavy atom. The lowest BCUT2D eigenvalue weighted by Crippen LogP contribution is -2.56. The Labute approximate surface area is 163 Å². The molecular formula is C21H26F3N3O. The number of fused-ring (bicyclic) bond motifs is 1. The van der Waals surface area contributed by atoms with Crippen LogP contribution in [0.4, 0.5) is 18.9 Å². The first kappa shape index (κ1) is 19.5. The molecule has 2 fully saturated rings. The Bertz CT molecular complexity index is 820. The van der Waals surface area contributed by atoms with Gasteiger partial charge in [-0.1, -0.05) is 25.0 Å². The van der Waals surface area contributed by atoms with Crippen molar-refractivity contribution >= 4 is 16.6 Å². The molecule has 28 heavy (non-hydrogen) atoms. The van der Waals surface area contributed by atoms with Crippen LogP contribution in [0.15, 0.2) is 30.5 Å². The van der Waals surface area contributed by atoms with Crippen LogP contribution in [0.2, 0.25) is 0 Å². The van der Waals surface area contributed by atoms with Gasteiger partial charge in [0.15, 0.2) is 0 Å². The zero-order valence-corrected chi connectivity index (χ0v) is 15.8. The van der Waals surface area contributed by atoms with Crippen molar-refractivity contribution in [2.45, 2.75) is 50.4 Å². The van der Waals surface area contributed by atoms with Crippen molar-refractivity contribution < 1.29 is 18.3 Å². The van der Waals surface area contributed by atoms with Crippen LogP contribution in [0.25, 0.3) is 10.9 Å². The second-order valence-electron chi connectivity index (χ2n) is 7.82. The Balaban J connectivity index is 1.65. The molecule has 0 unspecified atom stereocenters. The van der Waals surface area contributed by atoms with E-state index in [1.807, 2.05) is 6.07 Å². The number of halogens is 3. The summed E-state index contributed by atoms with van der Waals surface area (Å²) in [5.41, 5.74) is 0.109. The topological polar surface area (TPSA) is 39.6 Å². The van der Waals surface area contributed by atoms with E-state index in [4.69, 9.17) is 0 Å². The first-order chi connectivity index (χ1) is 13.5. The zero-order chi connectivity index (χ0) is 19.7. The highest BCUT2D eigenvalue weighted by Gasteiger charge is 2.35. The lowest BCUT2D eigenvalue weighted by Gasteiger charge is -2.45. The van der Waals surface area contributed by atoms with E-state index in [0.29, 0.717) is 24.4 Å². The molecule has 2 heterocycles. The molecule has 152 valence electrons. The highest BCUT2D eigenvalue weighted by molar-refractivity contribution is 5.93. The van der Waals surface area contributed by atoms with Gasteiger partial charge in [-0.05, 0) is 31.4 Å². The zero-order valence-electron chi connectivity index (χ0n) is 15.8. The van der Waals surface area contributed by atoms with E-state index < -0.39 is 11.7 Å². The molecule has 1 saturated carbocycles. The second-order valence-corrected chi connectivity index (χ2v) is 7.82. The van der Waals surface area contributed by atoms with Gasteiger partial charge in [0.05, 0.1) is 11.1 Å². The maximum Gasteiger partial charge on any atom is 0.418 e. The van der Waals surface area contributed by atoms with Crippen LogP contribution in [0.5, 0.6) is 0 Å². The number of hydrogen-bond donors (Lipinski definition) is 1. The fourth-order valence-electron chi connectivity index (χ4n) is 4.88. The predicted octanol–water partition coefficient (Wildman–Crippen LogP) is 4.07. The van der Waals surface area contributed by atoms with Gasteiger partial charge in [0, 0.05) is 55.6 Å². The van der Waals surface area contributed by atoms with Crippen molar-refractivity contribution in [2.75, 3.05) is 31.1 Å². The number of aliphatic hydroxyl groups is 1. The normalized spacial score (nSPS) is 22.3. The smallest absolute Gasteiger partial charge is 0.396 e. The van der Waals surface area contributed by atoms with Crippen molar-refractivity contribution in [2.24, 2.45) is 0 Å². The van der Waals surface area contributed by atoms with Gasteiger partial charge in [0.25, 0.3) is 0 Å². The summed E-state index contributed by atoms with van der Waals surface area (Å²) in [7, 11) is 0. The fraction of sp³-hybridized carbons (Fsp3) is 0.571. The van der Waals surface area contributed by atoms with Gasteiger partial charge in [-0.3, -0.25) is 9.88 Å². The molecule has 1 N–H and O–H groups in total. The lowest BCUT2D eigenvalue weighted by atomic mass is 10.0. The largest absolute Gasteiger partial charge is 0.418 e. The summed E-state index contributed by atoms with van der Waals surface area (Å²) in [5.74, 6) is 0. The van der Waals surface area contributed by atoms with E-state index in [0.717, 1.165) is 24.8 Å². The number of para-hydroxylation sites is 1. The Morgan fingerprint density at radius 3 is 2.61 bits per heavy atom. The quantitative estimate of drug-likeness (QED) is 0.850. The molecule has 1 aromatic heterocycles. The summed E-state index contributed by atoms with van der Waals surface area (Å²) in [6.07, 6.45) is 2.65. The van der Waals surface area contributed by atoms with Gasteiger partial charge in [-0.2, -0.15) is 13.2 Å². The highest BCUT2D eigenvalue weighted by Crippen LogP contribution is 2.37. The van der Waals surface area contributed by atoms with E-state index in [-0.39, 0.29) is 18.2 Å².